The fourth-order valence-electron chi connectivity index (χ4n) is 2.52. The monoisotopic (exact) mass is 406 g/mol. The Hall–Kier alpha value is -1.95. The molecule has 0 aliphatic heterocycles. The van der Waals surface area contributed by atoms with Gasteiger partial charge in [0.2, 0.25) is 0 Å². The van der Waals surface area contributed by atoms with E-state index in [0.29, 0.717) is 23.1 Å². The van der Waals surface area contributed by atoms with E-state index in [-0.39, 0.29) is 12.4 Å². The van der Waals surface area contributed by atoms with Crippen molar-refractivity contribution in [1.29, 1.82) is 0 Å². The highest BCUT2D eigenvalue weighted by molar-refractivity contribution is 7.12. The van der Waals surface area contributed by atoms with E-state index in [2.05, 4.69) is 4.98 Å². The van der Waals surface area contributed by atoms with Crippen LogP contribution in [0.25, 0.3) is 11.3 Å². The van der Waals surface area contributed by atoms with Gasteiger partial charge in [0.15, 0.2) is 0 Å². The lowest BCUT2D eigenvalue weighted by molar-refractivity contribution is -0.142. The first-order chi connectivity index (χ1) is 12.6. The highest BCUT2D eigenvalue weighted by Crippen LogP contribution is 2.31. The van der Waals surface area contributed by atoms with Crippen LogP contribution in [0.4, 0.5) is 0 Å². The summed E-state index contributed by atoms with van der Waals surface area (Å²) in [7, 11) is 0. The van der Waals surface area contributed by atoms with E-state index in [1.807, 2.05) is 18.2 Å². The number of thiazole rings is 1. The Bertz CT molecular complexity index is 913. The molecule has 2 aromatic heterocycles. The van der Waals surface area contributed by atoms with E-state index in [0.717, 1.165) is 26.7 Å². The number of carbonyl (C=O) groups is 1. The smallest absolute Gasteiger partial charge is 0.311 e. The Labute approximate surface area is 165 Å². The van der Waals surface area contributed by atoms with Gasteiger partial charge < -0.3 is 4.74 Å². The second kappa shape index (κ2) is 8.62. The number of pyridine rings is 1. The van der Waals surface area contributed by atoms with Gasteiger partial charge in [0.1, 0.15) is 0 Å². The molecule has 3 rings (SSSR count). The lowest BCUT2D eigenvalue weighted by Crippen LogP contribution is -2.07. The number of hydrogen-bond acceptors (Lipinski definition) is 5. The maximum atomic E-state index is 12.0. The number of aromatic nitrogens is 2. The average molecular weight is 407 g/mol. The van der Waals surface area contributed by atoms with Crippen LogP contribution in [0.5, 0.6) is 0 Å². The van der Waals surface area contributed by atoms with E-state index in [1.165, 1.54) is 11.3 Å². The van der Waals surface area contributed by atoms with Crippen molar-refractivity contribution in [1.82, 2.24) is 9.97 Å². The third-order valence-corrected chi connectivity index (χ3v) is 5.31. The number of carbonyl (C=O) groups excluding carboxylic acids is 1. The highest BCUT2D eigenvalue weighted by Gasteiger charge is 2.17. The van der Waals surface area contributed by atoms with Gasteiger partial charge in [0, 0.05) is 39.3 Å². The van der Waals surface area contributed by atoms with Crippen LogP contribution in [0.1, 0.15) is 22.4 Å². The van der Waals surface area contributed by atoms with Crippen molar-refractivity contribution in [2.45, 2.75) is 19.8 Å². The molecule has 0 spiro atoms. The Morgan fingerprint density at radius 2 is 1.96 bits per heavy atom. The summed E-state index contributed by atoms with van der Waals surface area (Å²) in [6.45, 7) is 2.15. The first-order valence-corrected chi connectivity index (χ1v) is 9.62. The van der Waals surface area contributed by atoms with Crippen LogP contribution in [0.2, 0.25) is 10.0 Å². The maximum Gasteiger partial charge on any atom is 0.311 e. The normalized spacial score (nSPS) is 10.7. The minimum absolute atomic E-state index is 0.187. The minimum Gasteiger partial charge on any atom is -0.466 e. The maximum absolute atomic E-state index is 12.0. The predicted molar refractivity (Wildman–Crippen MR) is 105 cm³/mol. The zero-order valence-electron chi connectivity index (χ0n) is 14.0. The van der Waals surface area contributed by atoms with Gasteiger partial charge in [-0.1, -0.05) is 23.2 Å². The zero-order chi connectivity index (χ0) is 18.5. The second-order valence-electron chi connectivity index (χ2n) is 5.51. The van der Waals surface area contributed by atoms with Crippen molar-refractivity contribution >= 4 is 40.5 Å². The molecule has 4 nitrogen and oxygen atoms in total. The van der Waals surface area contributed by atoms with Gasteiger partial charge in [-0.25, -0.2) is 4.98 Å². The molecule has 0 N–H and O–H groups in total. The van der Waals surface area contributed by atoms with Crippen molar-refractivity contribution in [2.75, 3.05) is 6.61 Å². The summed E-state index contributed by atoms with van der Waals surface area (Å²) in [5.74, 6) is -0.265. The lowest BCUT2D eigenvalue weighted by Gasteiger charge is -2.02. The van der Waals surface area contributed by atoms with Gasteiger partial charge in [-0.15, -0.1) is 11.3 Å². The fraction of sp³-hybridized carbons (Fsp3) is 0.211. The first kappa shape index (κ1) is 18.8. The molecule has 7 heteroatoms. The summed E-state index contributed by atoms with van der Waals surface area (Å²) in [5.41, 5.74) is 2.59. The Balaban J connectivity index is 1.95. The molecular formula is C19H16Cl2N2O2S. The van der Waals surface area contributed by atoms with Crippen LogP contribution in [0, 0.1) is 0 Å². The van der Waals surface area contributed by atoms with E-state index < -0.39 is 0 Å². The molecule has 0 atom stereocenters. The SMILES string of the molecule is CCOC(=O)Cc1sc(Cc2cc(Cl)ccc2Cl)nc1-c1ccncc1. The van der Waals surface area contributed by atoms with Crippen LogP contribution < -0.4 is 0 Å². The molecule has 0 bridgehead atoms. The van der Waals surface area contributed by atoms with Gasteiger partial charge in [0.25, 0.3) is 0 Å². The van der Waals surface area contributed by atoms with Gasteiger partial charge in [-0.2, -0.15) is 0 Å². The highest BCUT2D eigenvalue weighted by atomic mass is 35.5. The van der Waals surface area contributed by atoms with Crippen LogP contribution in [0.15, 0.2) is 42.7 Å². The summed E-state index contributed by atoms with van der Waals surface area (Å²) in [6.07, 6.45) is 4.14. The molecule has 1 aromatic carbocycles. The minimum atomic E-state index is -0.265. The third kappa shape index (κ3) is 4.61. The summed E-state index contributed by atoms with van der Waals surface area (Å²) in [4.78, 5) is 21.6. The summed E-state index contributed by atoms with van der Waals surface area (Å²) in [6, 6.07) is 9.11. The lowest BCUT2D eigenvalue weighted by atomic mass is 10.1. The molecule has 2 heterocycles. The van der Waals surface area contributed by atoms with Crippen LogP contribution in [-0.2, 0) is 22.4 Å². The number of halogens is 2. The van der Waals surface area contributed by atoms with E-state index >= 15 is 0 Å². The second-order valence-corrected chi connectivity index (χ2v) is 7.52. The van der Waals surface area contributed by atoms with Gasteiger partial charge in [-0.3, -0.25) is 9.78 Å². The molecule has 26 heavy (non-hydrogen) atoms. The summed E-state index contributed by atoms with van der Waals surface area (Å²) < 4.78 is 5.09. The molecule has 0 saturated heterocycles. The molecule has 0 unspecified atom stereocenters. The average Bonchev–Trinajstić information content (AvgIpc) is 3.01. The van der Waals surface area contributed by atoms with Crippen molar-refractivity contribution < 1.29 is 9.53 Å². The van der Waals surface area contributed by atoms with Crippen molar-refractivity contribution in [3.05, 3.63) is 68.2 Å². The topological polar surface area (TPSA) is 52.1 Å². The molecule has 0 aliphatic rings. The summed E-state index contributed by atoms with van der Waals surface area (Å²) >= 11 is 13.8. The number of nitrogens with zero attached hydrogens (tertiary/aromatic N) is 2. The van der Waals surface area contributed by atoms with Crippen LogP contribution in [0.3, 0.4) is 0 Å². The molecule has 0 saturated carbocycles. The number of benzene rings is 1. The third-order valence-electron chi connectivity index (χ3n) is 3.66. The Morgan fingerprint density at radius 1 is 1.19 bits per heavy atom. The number of rotatable bonds is 6. The van der Waals surface area contributed by atoms with Crippen molar-refractivity contribution in [3.8, 4) is 11.3 Å². The van der Waals surface area contributed by atoms with Crippen LogP contribution >= 0.6 is 34.5 Å². The number of hydrogen-bond donors (Lipinski definition) is 0. The van der Waals surface area contributed by atoms with Gasteiger partial charge >= 0.3 is 5.97 Å². The largest absolute Gasteiger partial charge is 0.466 e. The predicted octanol–water partition coefficient (Wildman–Crippen LogP) is 5.21. The number of ether oxygens (including phenoxy) is 1. The quantitative estimate of drug-likeness (QED) is 0.527. The fourth-order valence-corrected chi connectivity index (χ4v) is 3.99. The van der Waals surface area contributed by atoms with Gasteiger partial charge in [-0.05, 0) is 42.8 Å². The molecule has 0 fully saturated rings. The summed E-state index contributed by atoms with van der Waals surface area (Å²) in [5, 5.41) is 2.13. The van der Waals surface area contributed by atoms with E-state index in [4.69, 9.17) is 32.9 Å². The zero-order valence-corrected chi connectivity index (χ0v) is 16.4. The Morgan fingerprint density at radius 3 is 2.69 bits per heavy atom. The molecule has 3 aromatic rings. The number of esters is 1. The van der Waals surface area contributed by atoms with Crippen molar-refractivity contribution in [3.63, 3.8) is 0 Å². The van der Waals surface area contributed by atoms with Crippen molar-refractivity contribution in [2.24, 2.45) is 0 Å². The Kier molecular flexibility index (Phi) is 6.25. The van der Waals surface area contributed by atoms with E-state index in [9.17, 15) is 4.79 Å². The molecule has 0 amide bonds. The molecule has 0 radical (unpaired) electrons. The molecule has 0 aliphatic carbocycles. The molecule has 134 valence electrons. The van der Waals surface area contributed by atoms with Gasteiger partial charge in [0.05, 0.1) is 23.7 Å². The molecular weight excluding hydrogens is 391 g/mol. The van der Waals surface area contributed by atoms with E-state index in [1.54, 1.807) is 31.5 Å². The first-order valence-electron chi connectivity index (χ1n) is 8.05. The van der Waals surface area contributed by atoms with Crippen LogP contribution in [-0.4, -0.2) is 22.5 Å². The standard InChI is InChI=1S/C19H16Cl2N2O2S/c1-2-25-18(24)11-16-19(12-5-7-22-8-6-12)23-17(26-16)10-13-9-14(20)3-4-15(13)21/h3-9H,2,10-11H2,1H3.